The zero-order chi connectivity index (χ0) is 60.2. The van der Waals surface area contributed by atoms with Crippen LogP contribution in [-0.2, 0) is 23.8 Å². The third-order valence-corrected chi connectivity index (χ3v) is 15.7. The van der Waals surface area contributed by atoms with Crippen LogP contribution >= 0.6 is 0 Å². The molecule has 0 bridgehead atoms. The van der Waals surface area contributed by atoms with Gasteiger partial charge < -0.3 is 45.1 Å². The van der Waals surface area contributed by atoms with Crippen LogP contribution in [0.15, 0.2) is 85.1 Å². The van der Waals surface area contributed by atoms with Crippen LogP contribution in [0.25, 0.3) is 0 Å². The number of carbonyl (C=O) groups is 2. The van der Waals surface area contributed by atoms with Gasteiger partial charge in [-0.1, -0.05) is 253 Å². The Morgan fingerprint density at radius 1 is 0.446 bits per heavy atom. The van der Waals surface area contributed by atoms with E-state index in [1.54, 1.807) is 6.08 Å². The molecule has 0 spiro atoms. The first-order valence-corrected chi connectivity index (χ1v) is 34.4. The number of ether oxygens (including phenoxy) is 3. The van der Waals surface area contributed by atoms with Crippen LogP contribution in [0.2, 0.25) is 0 Å². The van der Waals surface area contributed by atoms with Crippen molar-refractivity contribution in [2.75, 3.05) is 19.8 Å². The molecule has 0 aromatic heterocycles. The van der Waals surface area contributed by atoms with Gasteiger partial charge in [-0.05, 0) is 116 Å². The van der Waals surface area contributed by atoms with Crippen molar-refractivity contribution in [3.05, 3.63) is 85.1 Å². The predicted molar refractivity (Wildman–Crippen MR) is 347 cm³/mol. The Morgan fingerprint density at radius 3 is 1.31 bits per heavy atom. The fourth-order valence-corrected chi connectivity index (χ4v) is 10.2. The molecule has 1 rings (SSSR count). The van der Waals surface area contributed by atoms with Gasteiger partial charge in [0.2, 0.25) is 5.91 Å². The number of unbranched alkanes of at least 4 members (excludes halogenated alkanes) is 33. The van der Waals surface area contributed by atoms with E-state index in [0.29, 0.717) is 19.4 Å². The topological polar surface area (TPSA) is 175 Å². The maximum Gasteiger partial charge on any atom is 0.305 e. The Balaban J connectivity index is 2.01. The van der Waals surface area contributed by atoms with Gasteiger partial charge in [0.05, 0.1) is 32.0 Å². The fraction of sp³-hybridized carbons (Fsp3) is 0.778. The summed E-state index contributed by atoms with van der Waals surface area (Å²) < 4.78 is 16.7. The molecule has 0 saturated carbocycles. The van der Waals surface area contributed by atoms with Gasteiger partial charge in [0.25, 0.3) is 0 Å². The molecule has 1 saturated heterocycles. The minimum absolute atomic E-state index is 0.0134. The Labute approximate surface area is 508 Å². The molecule has 1 heterocycles. The summed E-state index contributed by atoms with van der Waals surface area (Å²) >= 11 is 0. The SMILES string of the molecule is CCC/C=C\C/C=C\CCCCCCCC(=O)OCCCCCCCCCCC/C=C\C/C=C\CCCCCCCCCCCCCCCC(=O)NC(COC1OC(CO)C(O)C(O)C1O)C(O)/C=C/CC/C=C/CC/C=C/CCCCC. The van der Waals surface area contributed by atoms with Crippen molar-refractivity contribution in [2.45, 2.75) is 339 Å². The van der Waals surface area contributed by atoms with E-state index in [2.05, 4.69) is 92.1 Å². The van der Waals surface area contributed by atoms with Gasteiger partial charge in [0.1, 0.15) is 24.4 Å². The number of hydrogen-bond donors (Lipinski definition) is 6. The lowest BCUT2D eigenvalue weighted by molar-refractivity contribution is -0.302. The lowest BCUT2D eigenvalue weighted by Gasteiger charge is -2.40. The molecule has 7 unspecified atom stereocenters. The molecule has 1 aliphatic heterocycles. The summed E-state index contributed by atoms with van der Waals surface area (Å²) in [4.78, 5) is 25.1. The van der Waals surface area contributed by atoms with Gasteiger partial charge in [-0.15, -0.1) is 0 Å². The second-order valence-electron chi connectivity index (χ2n) is 23.5. The maximum atomic E-state index is 13.1. The number of hydrogen-bond acceptors (Lipinski definition) is 10. The normalized spacial score (nSPS) is 18.7. The number of aliphatic hydroxyl groups is 5. The zero-order valence-corrected chi connectivity index (χ0v) is 53.1. The van der Waals surface area contributed by atoms with Crippen LogP contribution in [0.1, 0.15) is 296 Å². The van der Waals surface area contributed by atoms with Crippen molar-refractivity contribution in [2.24, 2.45) is 0 Å². The number of carbonyl (C=O) groups excluding carboxylic acids is 2. The van der Waals surface area contributed by atoms with Gasteiger partial charge in [0.15, 0.2) is 6.29 Å². The molecule has 6 N–H and O–H groups in total. The summed E-state index contributed by atoms with van der Waals surface area (Å²) in [5.41, 5.74) is 0. The Morgan fingerprint density at radius 2 is 0.843 bits per heavy atom. The molecule has 1 amide bonds. The Hall–Kier alpha value is -3.16. The maximum absolute atomic E-state index is 13.1. The highest BCUT2D eigenvalue weighted by atomic mass is 16.7. The van der Waals surface area contributed by atoms with E-state index in [-0.39, 0.29) is 18.5 Å². The molecule has 83 heavy (non-hydrogen) atoms. The van der Waals surface area contributed by atoms with Crippen molar-refractivity contribution in [1.29, 1.82) is 0 Å². The number of allylic oxidation sites excluding steroid dienone is 13. The van der Waals surface area contributed by atoms with Crippen molar-refractivity contribution in [1.82, 2.24) is 5.32 Å². The molecule has 7 atom stereocenters. The van der Waals surface area contributed by atoms with E-state index in [9.17, 15) is 35.1 Å². The first kappa shape index (κ1) is 77.9. The average molecular weight is 1170 g/mol. The van der Waals surface area contributed by atoms with Gasteiger partial charge in [-0.25, -0.2) is 0 Å². The van der Waals surface area contributed by atoms with Gasteiger partial charge in [0, 0.05) is 12.8 Å². The van der Waals surface area contributed by atoms with E-state index in [0.717, 1.165) is 96.3 Å². The Bertz CT molecular complexity index is 1650. The number of aliphatic hydroxyl groups excluding tert-OH is 5. The monoisotopic (exact) mass is 1170 g/mol. The fourth-order valence-electron chi connectivity index (χ4n) is 10.2. The molecule has 1 fully saturated rings. The van der Waals surface area contributed by atoms with Crippen molar-refractivity contribution >= 4 is 11.9 Å². The third-order valence-electron chi connectivity index (χ3n) is 15.7. The quantitative estimate of drug-likeness (QED) is 0.0195. The summed E-state index contributed by atoms with van der Waals surface area (Å²) in [5.74, 6) is -0.212. The minimum Gasteiger partial charge on any atom is -0.466 e. The summed E-state index contributed by atoms with van der Waals surface area (Å²) in [5, 5.41) is 54.4. The van der Waals surface area contributed by atoms with E-state index < -0.39 is 49.5 Å². The standard InChI is InChI=1S/C72H127NO10/c1-3-5-7-9-11-13-15-34-38-42-46-50-54-58-65(75)64(63-82-72-71(80)70(79)69(78)66(62-74)83-72)73-67(76)59-55-51-47-43-39-36-32-30-28-26-24-22-20-18-17-19-21-23-25-27-29-31-33-37-41-45-49-53-57-61-81-68(77)60-56-52-48-44-40-35-16-14-12-10-8-6-4-2/h8,10-11,13-14,16-17,19,23,25,38,42,54,58,64-66,69-72,74-75,78-80H,3-7,9,12,15,18,20-22,24,26-37,39-41,43-53,55-57,59-63H2,1-2H3,(H,73,76)/b10-8-,13-11+,16-14-,19-17-,25-23-,42-38+,58-54+. The predicted octanol–water partition coefficient (Wildman–Crippen LogP) is 17.3. The average Bonchev–Trinajstić information content (AvgIpc) is 3.62. The van der Waals surface area contributed by atoms with Crippen LogP contribution in [0.3, 0.4) is 0 Å². The second kappa shape index (κ2) is 60.5. The molecule has 11 heteroatoms. The summed E-state index contributed by atoms with van der Waals surface area (Å²) in [6.07, 6.45) is 72.8. The number of amides is 1. The minimum atomic E-state index is -1.58. The van der Waals surface area contributed by atoms with Crippen molar-refractivity contribution < 1.29 is 49.3 Å². The highest BCUT2D eigenvalue weighted by Gasteiger charge is 2.44. The van der Waals surface area contributed by atoms with E-state index in [1.165, 1.54) is 173 Å². The largest absolute Gasteiger partial charge is 0.466 e. The summed E-state index contributed by atoms with van der Waals surface area (Å²) in [6.45, 7) is 4.22. The molecule has 0 radical (unpaired) electrons. The second-order valence-corrected chi connectivity index (χ2v) is 23.5. The number of esters is 1. The highest BCUT2D eigenvalue weighted by molar-refractivity contribution is 5.76. The van der Waals surface area contributed by atoms with E-state index in [4.69, 9.17) is 14.2 Å². The molecule has 480 valence electrons. The molecular formula is C72H127NO10. The number of rotatable bonds is 59. The Kier molecular flexibility index (Phi) is 56.8. The van der Waals surface area contributed by atoms with Crippen molar-refractivity contribution in [3.63, 3.8) is 0 Å². The highest BCUT2D eigenvalue weighted by Crippen LogP contribution is 2.23. The van der Waals surface area contributed by atoms with Gasteiger partial charge >= 0.3 is 5.97 Å². The third kappa shape index (κ3) is 49.6. The molecule has 0 aromatic rings. The number of nitrogens with one attached hydrogen (secondary N) is 1. The summed E-state index contributed by atoms with van der Waals surface area (Å²) in [6, 6.07) is -0.837. The summed E-state index contributed by atoms with van der Waals surface area (Å²) in [7, 11) is 0. The zero-order valence-electron chi connectivity index (χ0n) is 53.1. The van der Waals surface area contributed by atoms with Crippen molar-refractivity contribution in [3.8, 4) is 0 Å². The van der Waals surface area contributed by atoms with Crippen LogP contribution < -0.4 is 5.32 Å². The van der Waals surface area contributed by atoms with E-state index >= 15 is 0 Å². The first-order valence-electron chi connectivity index (χ1n) is 34.4. The lowest BCUT2D eigenvalue weighted by Crippen LogP contribution is -2.60. The molecule has 0 aliphatic carbocycles. The molecule has 0 aromatic carbocycles. The lowest BCUT2D eigenvalue weighted by atomic mass is 9.99. The van der Waals surface area contributed by atoms with Gasteiger partial charge in [-0.3, -0.25) is 9.59 Å². The van der Waals surface area contributed by atoms with Gasteiger partial charge in [-0.2, -0.15) is 0 Å². The van der Waals surface area contributed by atoms with Crippen LogP contribution in [0, 0.1) is 0 Å². The van der Waals surface area contributed by atoms with Crippen LogP contribution in [0.5, 0.6) is 0 Å². The molecule has 11 nitrogen and oxygen atoms in total. The molecular weight excluding hydrogens is 1040 g/mol. The van der Waals surface area contributed by atoms with E-state index in [1.807, 2.05) is 6.08 Å². The molecule has 1 aliphatic rings. The van der Waals surface area contributed by atoms with Crippen LogP contribution in [-0.4, -0.2) is 100 Å². The smallest absolute Gasteiger partial charge is 0.305 e. The van der Waals surface area contributed by atoms with Crippen LogP contribution in [0.4, 0.5) is 0 Å². The first-order chi connectivity index (χ1) is 40.7.